The molecule has 1 atom stereocenters. The molecule has 0 unspecified atom stereocenters. The smallest absolute Gasteiger partial charge is 0.403 e. The van der Waals surface area contributed by atoms with Gasteiger partial charge >= 0.3 is 18.6 Å². The highest BCUT2D eigenvalue weighted by Gasteiger charge is 2.49. The molecule has 0 radical (unpaired) electrons. The number of nitrogens with zero attached hydrogens (tertiary/aromatic N) is 6. The molecule has 1 aliphatic carbocycles. The van der Waals surface area contributed by atoms with Crippen LogP contribution in [-0.2, 0) is 11.3 Å². The summed E-state index contributed by atoms with van der Waals surface area (Å²) < 4.78 is 115. The van der Waals surface area contributed by atoms with Gasteiger partial charge in [0, 0.05) is 62.9 Å². The van der Waals surface area contributed by atoms with Gasteiger partial charge in [0.15, 0.2) is 5.75 Å². The number of carbonyl (C=O) groups excluding carboxylic acids is 2. The Morgan fingerprint density at radius 2 is 1.73 bits per heavy atom. The molecule has 11 nitrogen and oxygen atoms in total. The standard InChI is InChI=1S/C30H34F8N8O3/c1-4-24(47)40-20-13-21(23(49-30(36,37)38)14-22(20)44-11-9-43(3)10-12-44)41-26-39-15-18-16-45(17(2)29(33,34)35)27(48)46(25(18)42-26)19-5-7-28(31,32)8-6-19/h4,13-15,17,19H,1,5-12,16H2,2-3H3,(H,40,47)(H,39,41,42)/t17-/m0/s1. The van der Waals surface area contributed by atoms with Crippen molar-refractivity contribution < 1.29 is 49.4 Å². The van der Waals surface area contributed by atoms with E-state index in [4.69, 9.17) is 0 Å². The molecule has 19 heteroatoms. The van der Waals surface area contributed by atoms with Gasteiger partial charge in [-0.15, -0.1) is 13.2 Å². The first-order chi connectivity index (χ1) is 22.8. The molecule has 1 saturated carbocycles. The summed E-state index contributed by atoms with van der Waals surface area (Å²) in [5.41, 5.74) is 0.0351. The number of piperazine rings is 1. The number of fused-ring (bicyclic) bond motifs is 1. The Kier molecular flexibility index (Phi) is 9.86. The predicted octanol–water partition coefficient (Wildman–Crippen LogP) is 6.27. The van der Waals surface area contributed by atoms with E-state index in [1.807, 2.05) is 11.9 Å². The van der Waals surface area contributed by atoms with Gasteiger partial charge in [-0.3, -0.25) is 9.69 Å². The quantitative estimate of drug-likeness (QED) is 0.245. The van der Waals surface area contributed by atoms with E-state index in [2.05, 4.69) is 31.9 Å². The summed E-state index contributed by atoms with van der Waals surface area (Å²) >= 11 is 0. The minimum absolute atomic E-state index is 0.0645. The second-order valence-corrected chi connectivity index (χ2v) is 12.1. The number of carbonyl (C=O) groups is 2. The first kappa shape index (κ1) is 35.9. The fraction of sp³-hybridized carbons (Fsp3) is 0.533. The summed E-state index contributed by atoms with van der Waals surface area (Å²) in [6.07, 6.45) is -9.55. The number of benzene rings is 1. The Balaban J connectivity index is 1.56. The molecule has 2 aliphatic heterocycles. The molecule has 2 aromatic rings. The summed E-state index contributed by atoms with van der Waals surface area (Å²) in [5, 5.41) is 5.20. The molecule has 268 valence electrons. The Hall–Kier alpha value is -4.42. The minimum Gasteiger partial charge on any atom is -0.403 e. The molecule has 0 spiro atoms. The predicted molar refractivity (Wildman–Crippen MR) is 163 cm³/mol. The lowest BCUT2D eigenvalue weighted by molar-refractivity contribution is -0.274. The van der Waals surface area contributed by atoms with Crippen molar-refractivity contribution in [2.45, 2.75) is 69.7 Å². The van der Waals surface area contributed by atoms with Gasteiger partial charge in [0.25, 0.3) is 0 Å². The van der Waals surface area contributed by atoms with Crippen LogP contribution >= 0.6 is 0 Å². The van der Waals surface area contributed by atoms with Crippen molar-refractivity contribution in [3.05, 3.63) is 36.5 Å². The maximum Gasteiger partial charge on any atom is 0.573 e. The van der Waals surface area contributed by atoms with Crippen molar-refractivity contribution in [2.24, 2.45) is 0 Å². The highest BCUT2D eigenvalue weighted by atomic mass is 19.4. The van der Waals surface area contributed by atoms with Crippen LogP contribution in [0.15, 0.2) is 31.0 Å². The number of ether oxygens (including phenoxy) is 1. The van der Waals surface area contributed by atoms with Gasteiger partial charge in [-0.2, -0.15) is 18.2 Å². The van der Waals surface area contributed by atoms with Gasteiger partial charge in [0.1, 0.15) is 11.9 Å². The Bertz CT molecular complexity index is 1570. The van der Waals surface area contributed by atoms with Crippen molar-refractivity contribution in [1.82, 2.24) is 19.8 Å². The molecule has 2 N–H and O–H groups in total. The third kappa shape index (κ3) is 8.25. The van der Waals surface area contributed by atoms with Crippen LogP contribution in [0, 0.1) is 0 Å². The van der Waals surface area contributed by atoms with Crippen LogP contribution < -0.4 is 25.2 Å². The highest BCUT2D eigenvalue weighted by Crippen LogP contribution is 2.43. The first-order valence-electron chi connectivity index (χ1n) is 15.3. The molecule has 2 fully saturated rings. The third-order valence-corrected chi connectivity index (χ3v) is 8.71. The average Bonchev–Trinajstić information content (AvgIpc) is 3.01. The molecule has 3 amide bonds. The lowest BCUT2D eigenvalue weighted by atomic mass is 9.90. The highest BCUT2D eigenvalue weighted by molar-refractivity contribution is 6.02. The number of anilines is 5. The van der Waals surface area contributed by atoms with E-state index in [1.165, 1.54) is 6.07 Å². The largest absolute Gasteiger partial charge is 0.573 e. The van der Waals surface area contributed by atoms with Gasteiger partial charge < -0.3 is 30.1 Å². The van der Waals surface area contributed by atoms with E-state index in [0.29, 0.717) is 31.1 Å². The van der Waals surface area contributed by atoms with Crippen LogP contribution in [-0.4, -0.2) is 95.5 Å². The normalized spacial score (nSPS) is 19.7. The second kappa shape index (κ2) is 13.5. The summed E-state index contributed by atoms with van der Waals surface area (Å²) in [7, 11) is 1.88. The van der Waals surface area contributed by atoms with Crippen LogP contribution in [0.5, 0.6) is 5.75 Å². The van der Waals surface area contributed by atoms with Gasteiger partial charge in [0.2, 0.25) is 17.8 Å². The Morgan fingerprint density at radius 3 is 2.33 bits per heavy atom. The number of urea groups is 1. The lowest BCUT2D eigenvalue weighted by Crippen LogP contribution is -2.58. The Morgan fingerprint density at radius 1 is 1.08 bits per heavy atom. The number of rotatable bonds is 8. The van der Waals surface area contributed by atoms with Crippen LogP contribution in [0.2, 0.25) is 0 Å². The van der Waals surface area contributed by atoms with Crippen LogP contribution in [0.25, 0.3) is 0 Å². The molecule has 1 saturated heterocycles. The SMILES string of the molecule is C=CC(=O)Nc1cc(Nc2ncc3c(n2)N(C2CCC(F)(F)CC2)C(=O)N([C@@H](C)C(F)(F)F)C3)c(OC(F)(F)F)cc1N1CCN(C)CC1. The zero-order chi connectivity index (χ0) is 35.9. The second-order valence-electron chi connectivity index (χ2n) is 12.1. The monoisotopic (exact) mass is 706 g/mol. The molecular weight excluding hydrogens is 672 g/mol. The fourth-order valence-electron chi connectivity index (χ4n) is 5.94. The summed E-state index contributed by atoms with van der Waals surface area (Å²) in [5.74, 6) is -4.93. The molecule has 1 aromatic carbocycles. The molecule has 1 aromatic heterocycles. The number of nitrogens with one attached hydrogen (secondary N) is 2. The van der Waals surface area contributed by atoms with Crippen LogP contribution in [0.3, 0.4) is 0 Å². The van der Waals surface area contributed by atoms with E-state index in [9.17, 15) is 44.7 Å². The minimum atomic E-state index is -5.15. The third-order valence-electron chi connectivity index (χ3n) is 8.71. The van der Waals surface area contributed by atoms with Crippen LogP contribution in [0.4, 0.5) is 68.7 Å². The number of hydrogen-bond acceptors (Lipinski definition) is 8. The number of aromatic nitrogens is 2. The van der Waals surface area contributed by atoms with Crippen molar-refractivity contribution in [2.75, 3.05) is 53.7 Å². The van der Waals surface area contributed by atoms with Gasteiger partial charge in [0.05, 0.1) is 23.6 Å². The number of amides is 3. The number of alkyl halides is 8. The van der Waals surface area contributed by atoms with Crippen LogP contribution in [0.1, 0.15) is 38.2 Å². The topological polar surface area (TPSA) is 106 Å². The number of halogens is 8. The zero-order valence-corrected chi connectivity index (χ0v) is 26.5. The molecule has 0 bridgehead atoms. The van der Waals surface area contributed by atoms with E-state index in [1.54, 1.807) is 4.90 Å². The summed E-state index contributed by atoms with van der Waals surface area (Å²) in [4.78, 5) is 39.6. The van der Waals surface area contributed by atoms with Crippen molar-refractivity contribution in [1.29, 1.82) is 0 Å². The number of likely N-dealkylation sites (N-methyl/N-ethyl adjacent to an activating group) is 1. The maximum absolute atomic E-state index is 14.0. The molecule has 3 heterocycles. The van der Waals surface area contributed by atoms with Crippen molar-refractivity contribution >= 4 is 40.8 Å². The maximum atomic E-state index is 14.0. The van der Waals surface area contributed by atoms with Crippen molar-refractivity contribution in [3.63, 3.8) is 0 Å². The summed E-state index contributed by atoms with van der Waals surface area (Å²) in [6.45, 7) is 5.65. The van der Waals surface area contributed by atoms with Gasteiger partial charge in [-0.25, -0.2) is 18.6 Å². The number of hydrogen-bond donors (Lipinski definition) is 2. The lowest BCUT2D eigenvalue weighted by Gasteiger charge is -2.44. The molecule has 5 rings (SSSR count). The van der Waals surface area contributed by atoms with E-state index in [-0.39, 0.29) is 47.2 Å². The van der Waals surface area contributed by atoms with Gasteiger partial charge in [-0.1, -0.05) is 6.58 Å². The first-order valence-corrected chi connectivity index (χ1v) is 15.3. The van der Waals surface area contributed by atoms with Gasteiger partial charge in [-0.05, 0) is 39.0 Å². The van der Waals surface area contributed by atoms with E-state index in [0.717, 1.165) is 30.2 Å². The van der Waals surface area contributed by atoms with Crippen molar-refractivity contribution in [3.8, 4) is 5.75 Å². The van der Waals surface area contributed by atoms with E-state index >= 15 is 0 Å². The Labute approximate surface area is 275 Å². The van der Waals surface area contributed by atoms with E-state index < -0.39 is 67.6 Å². The average molecular weight is 707 g/mol. The molecule has 49 heavy (non-hydrogen) atoms. The molecular formula is C30H34F8N8O3. The molecule has 3 aliphatic rings. The zero-order valence-electron chi connectivity index (χ0n) is 26.5. The summed E-state index contributed by atoms with van der Waals surface area (Å²) in [6, 6.07) is -2.01. The fourth-order valence-corrected chi connectivity index (χ4v) is 5.94.